The van der Waals surface area contributed by atoms with Crippen molar-refractivity contribution >= 4 is 32.7 Å². The number of rotatable bonds is 2. The molecule has 0 radical (unpaired) electrons. The van der Waals surface area contributed by atoms with Crippen molar-refractivity contribution in [3.8, 4) is 0 Å². The van der Waals surface area contributed by atoms with E-state index in [1.54, 1.807) is 0 Å². The Bertz CT molecular complexity index is 798. The van der Waals surface area contributed by atoms with Crippen molar-refractivity contribution in [3.63, 3.8) is 0 Å². The summed E-state index contributed by atoms with van der Waals surface area (Å²) in [6.45, 7) is 2.49. The Hall–Kier alpha value is -1.96. The molecule has 1 aliphatic carbocycles. The molecule has 2 aliphatic rings. The van der Waals surface area contributed by atoms with Crippen molar-refractivity contribution in [1.29, 1.82) is 0 Å². The normalized spacial score (nSPS) is 19.2. The molecule has 2 fully saturated rings. The van der Waals surface area contributed by atoms with Crippen molar-refractivity contribution in [2.45, 2.75) is 38.1 Å². The van der Waals surface area contributed by atoms with Gasteiger partial charge < -0.3 is 15.1 Å². The van der Waals surface area contributed by atoms with E-state index < -0.39 is 11.6 Å². The third-order valence-corrected chi connectivity index (χ3v) is 6.24. The predicted molar refractivity (Wildman–Crippen MR) is 98.7 cm³/mol. The first-order valence-electron chi connectivity index (χ1n) is 9.16. The summed E-state index contributed by atoms with van der Waals surface area (Å²) < 4.78 is 27.7. The van der Waals surface area contributed by atoms with Crippen LogP contribution in [0.4, 0.5) is 18.7 Å². The average molecular weight is 380 g/mol. The first-order chi connectivity index (χ1) is 12.6. The fourth-order valence-electron chi connectivity index (χ4n) is 3.69. The van der Waals surface area contributed by atoms with Crippen molar-refractivity contribution in [2.75, 3.05) is 31.1 Å². The Morgan fingerprint density at radius 1 is 1.12 bits per heavy atom. The summed E-state index contributed by atoms with van der Waals surface area (Å²) >= 11 is 1.29. The summed E-state index contributed by atoms with van der Waals surface area (Å²) in [5, 5.41) is 3.82. The number of hydrogen-bond donors (Lipinski definition) is 1. The van der Waals surface area contributed by atoms with Crippen molar-refractivity contribution in [3.05, 3.63) is 23.8 Å². The molecule has 1 aromatic carbocycles. The van der Waals surface area contributed by atoms with Crippen LogP contribution in [0.3, 0.4) is 0 Å². The van der Waals surface area contributed by atoms with Gasteiger partial charge in [0.15, 0.2) is 10.9 Å². The number of benzene rings is 1. The highest BCUT2D eigenvalue weighted by Crippen LogP contribution is 2.31. The minimum absolute atomic E-state index is 0.00830. The molecule has 5 nitrogen and oxygen atoms in total. The van der Waals surface area contributed by atoms with Gasteiger partial charge in [0.2, 0.25) is 0 Å². The Balaban J connectivity index is 1.37. The maximum absolute atomic E-state index is 13.8. The average Bonchev–Trinajstić information content (AvgIpc) is 3.07. The van der Waals surface area contributed by atoms with Gasteiger partial charge in [-0.3, -0.25) is 0 Å². The number of halogens is 2. The molecule has 1 saturated heterocycles. The second kappa shape index (κ2) is 7.34. The van der Waals surface area contributed by atoms with Gasteiger partial charge in [-0.05, 0) is 18.9 Å². The lowest BCUT2D eigenvalue weighted by atomic mass is 9.96. The van der Waals surface area contributed by atoms with E-state index in [0.29, 0.717) is 42.1 Å². The third kappa shape index (κ3) is 3.60. The van der Waals surface area contributed by atoms with Crippen molar-refractivity contribution < 1.29 is 13.6 Å². The summed E-state index contributed by atoms with van der Waals surface area (Å²) in [5.41, 5.74) is 0.212. The van der Waals surface area contributed by atoms with E-state index in [1.807, 2.05) is 9.80 Å². The fraction of sp³-hybridized carbons (Fsp3) is 0.556. The molecule has 1 aliphatic heterocycles. The van der Waals surface area contributed by atoms with Gasteiger partial charge >= 0.3 is 6.03 Å². The van der Waals surface area contributed by atoms with Crippen LogP contribution in [-0.4, -0.2) is 48.1 Å². The van der Waals surface area contributed by atoms with E-state index in [1.165, 1.54) is 36.7 Å². The van der Waals surface area contributed by atoms with Gasteiger partial charge in [-0.2, -0.15) is 0 Å². The maximum atomic E-state index is 13.8. The second-order valence-corrected chi connectivity index (χ2v) is 8.00. The molecule has 8 heteroatoms. The number of anilines is 1. The van der Waals surface area contributed by atoms with Crippen molar-refractivity contribution in [1.82, 2.24) is 15.2 Å². The molecule has 0 atom stereocenters. The molecule has 4 rings (SSSR count). The molecule has 1 saturated carbocycles. The number of piperazine rings is 1. The quantitative estimate of drug-likeness (QED) is 0.863. The van der Waals surface area contributed by atoms with Crippen LogP contribution in [0, 0.1) is 11.6 Å². The Labute approximate surface area is 155 Å². The third-order valence-electron chi connectivity index (χ3n) is 5.17. The number of nitrogens with zero attached hydrogens (tertiary/aromatic N) is 3. The first-order valence-corrected chi connectivity index (χ1v) is 9.98. The standard InChI is InChI=1S/C18H22F2N4OS/c19-12-10-14(20)16-15(11-12)26-18(22-16)24-8-6-23(7-9-24)17(25)21-13-4-2-1-3-5-13/h10-11,13H,1-9H2,(H,21,25). The van der Waals surface area contributed by atoms with Crippen LogP contribution >= 0.6 is 11.3 Å². The summed E-state index contributed by atoms with van der Waals surface area (Å²) in [5.74, 6) is -1.22. The molecule has 1 aromatic heterocycles. The fourth-order valence-corrected chi connectivity index (χ4v) is 4.75. The van der Waals surface area contributed by atoms with Gasteiger partial charge in [0.05, 0.1) is 4.70 Å². The molecule has 140 valence electrons. The Morgan fingerprint density at radius 2 is 1.85 bits per heavy atom. The minimum atomic E-state index is -0.631. The number of fused-ring (bicyclic) bond motifs is 1. The van der Waals surface area contributed by atoms with E-state index in [-0.39, 0.29) is 11.5 Å². The number of carbonyl (C=O) groups excluding carboxylic acids is 1. The molecule has 2 heterocycles. The van der Waals surface area contributed by atoms with Crippen LogP contribution < -0.4 is 10.2 Å². The van der Waals surface area contributed by atoms with Crippen LogP contribution in [0.2, 0.25) is 0 Å². The number of carbonyl (C=O) groups is 1. The van der Waals surface area contributed by atoms with Gasteiger partial charge in [-0.1, -0.05) is 30.6 Å². The van der Waals surface area contributed by atoms with Gasteiger partial charge in [-0.25, -0.2) is 18.6 Å². The summed E-state index contributed by atoms with van der Waals surface area (Å²) in [4.78, 5) is 20.6. The zero-order valence-corrected chi connectivity index (χ0v) is 15.3. The van der Waals surface area contributed by atoms with E-state index in [2.05, 4.69) is 10.3 Å². The topological polar surface area (TPSA) is 48.5 Å². The molecule has 1 N–H and O–H groups in total. The van der Waals surface area contributed by atoms with E-state index in [0.717, 1.165) is 18.9 Å². The number of nitrogens with one attached hydrogen (secondary N) is 1. The molecule has 0 unspecified atom stereocenters. The largest absolute Gasteiger partial charge is 0.345 e. The number of thiazole rings is 1. The van der Waals surface area contributed by atoms with Gasteiger partial charge in [0.25, 0.3) is 0 Å². The number of urea groups is 1. The lowest BCUT2D eigenvalue weighted by Gasteiger charge is -2.35. The first kappa shape index (κ1) is 17.5. The summed E-state index contributed by atoms with van der Waals surface area (Å²) in [7, 11) is 0. The Morgan fingerprint density at radius 3 is 2.58 bits per heavy atom. The number of amides is 2. The minimum Gasteiger partial charge on any atom is -0.345 e. The van der Waals surface area contributed by atoms with E-state index >= 15 is 0 Å². The summed E-state index contributed by atoms with van der Waals surface area (Å²) in [6.07, 6.45) is 5.78. The maximum Gasteiger partial charge on any atom is 0.317 e. The van der Waals surface area contributed by atoms with Crippen LogP contribution in [0.1, 0.15) is 32.1 Å². The van der Waals surface area contributed by atoms with Gasteiger partial charge in [0, 0.05) is 38.3 Å². The van der Waals surface area contributed by atoms with Crippen LogP contribution in [0.25, 0.3) is 10.2 Å². The number of hydrogen-bond acceptors (Lipinski definition) is 4. The van der Waals surface area contributed by atoms with E-state index in [4.69, 9.17) is 0 Å². The SMILES string of the molecule is O=C(NC1CCCCC1)N1CCN(c2nc3c(F)cc(F)cc3s2)CC1. The zero-order chi connectivity index (χ0) is 18.1. The highest BCUT2D eigenvalue weighted by molar-refractivity contribution is 7.22. The monoisotopic (exact) mass is 380 g/mol. The van der Waals surface area contributed by atoms with Gasteiger partial charge in [-0.15, -0.1) is 0 Å². The van der Waals surface area contributed by atoms with Crippen molar-refractivity contribution in [2.24, 2.45) is 0 Å². The molecular weight excluding hydrogens is 358 g/mol. The van der Waals surface area contributed by atoms with E-state index in [9.17, 15) is 13.6 Å². The highest BCUT2D eigenvalue weighted by Gasteiger charge is 2.25. The molecule has 2 aromatic rings. The molecular formula is C18H22F2N4OS. The highest BCUT2D eigenvalue weighted by atomic mass is 32.1. The molecule has 26 heavy (non-hydrogen) atoms. The smallest absolute Gasteiger partial charge is 0.317 e. The predicted octanol–water partition coefficient (Wildman–Crippen LogP) is 3.74. The van der Waals surface area contributed by atoms with Crippen LogP contribution in [0.15, 0.2) is 12.1 Å². The molecule has 0 spiro atoms. The lowest BCUT2D eigenvalue weighted by molar-refractivity contribution is 0.186. The number of aromatic nitrogens is 1. The summed E-state index contributed by atoms with van der Waals surface area (Å²) in [6, 6.07) is 2.48. The Kier molecular flexibility index (Phi) is 4.93. The lowest BCUT2D eigenvalue weighted by Crippen LogP contribution is -2.53. The molecule has 2 amide bonds. The van der Waals surface area contributed by atoms with Gasteiger partial charge in [0.1, 0.15) is 11.3 Å². The molecule has 0 bridgehead atoms. The van der Waals surface area contributed by atoms with Crippen LogP contribution in [0.5, 0.6) is 0 Å². The van der Waals surface area contributed by atoms with Crippen LogP contribution in [-0.2, 0) is 0 Å². The second-order valence-electron chi connectivity index (χ2n) is 6.99. The zero-order valence-electron chi connectivity index (χ0n) is 14.5.